The van der Waals surface area contributed by atoms with Crippen LogP contribution in [-0.2, 0) is 4.79 Å². The monoisotopic (exact) mass is 460 g/mol. The highest BCUT2D eigenvalue weighted by atomic mass is 19.1. The van der Waals surface area contributed by atoms with E-state index in [0.717, 1.165) is 30.6 Å². The Hall–Kier alpha value is -1.58. The van der Waals surface area contributed by atoms with E-state index in [-0.39, 0.29) is 17.5 Å². The third kappa shape index (κ3) is 8.61. The maximum absolute atomic E-state index is 14.1. The lowest BCUT2D eigenvalue weighted by Crippen LogP contribution is -2.27. The number of halogens is 1. The topological polar surface area (TPSA) is 35.5 Å². The number of carbonyl (C=O) groups excluding carboxylic acids is 1. The predicted octanol–water partition coefficient (Wildman–Crippen LogP) is 8.49. The molecular formula is C29H45FO3. The lowest BCUT2D eigenvalue weighted by Gasteiger charge is -2.38. The Bertz CT molecular complexity index is 711. The maximum atomic E-state index is 14.1. The van der Waals surface area contributed by atoms with Gasteiger partial charge in [-0.25, -0.2) is 4.39 Å². The molecule has 2 atom stereocenters. The Morgan fingerprint density at radius 2 is 1.76 bits per heavy atom. The summed E-state index contributed by atoms with van der Waals surface area (Å²) in [4.78, 5) is 12.4. The number of hydrogen-bond acceptors (Lipinski definition) is 3. The molecule has 0 aromatic heterocycles. The molecule has 0 N–H and O–H groups in total. The van der Waals surface area contributed by atoms with Crippen molar-refractivity contribution >= 4 is 5.97 Å². The second-order valence-corrected chi connectivity index (χ2v) is 10.5. The molecular weight excluding hydrogens is 415 g/mol. The molecule has 2 saturated carbocycles. The van der Waals surface area contributed by atoms with Gasteiger partial charge in [-0.15, -0.1) is 0 Å². The number of esters is 1. The van der Waals surface area contributed by atoms with E-state index in [4.69, 9.17) is 9.47 Å². The van der Waals surface area contributed by atoms with E-state index in [2.05, 4.69) is 6.92 Å². The molecule has 0 radical (unpaired) electrons. The zero-order valence-corrected chi connectivity index (χ0v) is 21.0. The zero-order chi connectivity index (χ0) is 23.5. The summed E-state index contributed by atoms with van der Waals surface area (Å²) < 4.78 is 24.9. The lowest BCUT2D eigenvalue weighted by atomic mass is 9.67. The highest BCUT2D eigenvalue weighted by molar-refractivity contribution is 5.72. The Morgan fingerprint density at radius 3 is 2.48 bits per heavy atom. The number of ether oxygens (including phenoxy) is 2. The second kappa shape index (κ2) is 14.0. The summed E-state index contributed by atoms with van der Waals surface area (Å²) in [5.41, 5.74) is 0. The van der Waals surface area contributed by atoms with Gasteiger partial charge < -0.3 is 9.47 Å². The smallest absolute Gasteiger partial charge is 0.311 e. The average Bonchev–Trinajstić information content (AvgIpc) is 2.83. The Labute approximate surface area is 200 Å². The van der Waals surface area contributed by atoms with Crippen molar-refractivity contribution in [2.45, 2.75) is 110 Å². The van der Waals surface area contributed by atoms with Gasteiger partial charge >= 0.3 is 5.97 Å². The van der Waals surface area contributed by atoms with E-state index in [0.29, 0.717) is 18.9 Å². The number of rotatable bonds is 12. The fourth-order valence-corrected chi connectivity index (χ4v) is 6.03. The van der Waals surface area contributed by atoms with Crippen molar-refractivity contribution < 1.29 is 18.7 Å². The van der Waals surface area contributed by atoms with Crippen molar-refractivity contribution in [1.82, 2.24) is 0 Å². The first-order valence-electron chi connectivity index (χ1n) is 13.7. The summed E-state index contributed by atoms with van der Waals surface area (Å²) in [6.45, 7) is 4.73. The van der Waals surface area contributed by atoms with Gasteiger partial charge in [0.15, 0.2) is 11.6 Å². The molecule has 186 valence electrons. The van der Waals surface area contributed by atoms with E-state index in [1.54, 1.807) is 6.07 Å². The van der Waals surface area contributed by atoms with Crippen LogP contribution in [0.5, 0.6) is 11.5 Å². The van der Waals surface area contributed by atoms with E-state index in [1.807, 2.05) is 6.92 Å². The summed E-state index contributed by atoms with van der Waals surface area (Å²) in [6, 6.07) is 4.40. The maximum Gasteiger partial charge on any atom is 0.311 e. The Kier molecular flexibility index (Phi) is 11.0. The highest BCUT2D eigenvalue weighted by Crippen LogP contribution is 2.43. The molecule has 3 rings (SSSR count). The lowest BCUT2D eigenvalue weighted by molar-refractivity contribution is -0.134. The molecule has 0 spiro atoms. The van der Waals surface area contributed by atoms with Crippen LogP contribution in [0.1, 0.15) is 110 Å². The normalized spacial score (nSPS) is 25.5. The molecule has 0 amide bonds. The summed E-state index contributed by atoms with van der Waals surface area (Å²) in [6.07, 6.45) is 18.6. The van der Waals surface area contributed by atoms with Crippen LogP contribution in [0, 0.1) is 29.5 Å². The third-order valence-corrected chi connectivity index (χ3v) is 7.95. The first kappa shape index (κ1) is 26.0. The molecule has 2 fully saturated rings. The quantitative estimate of drug-likeness (QED) is 0.178. The van der Waals surface area contributed by atoms with Crippen molar-refractivity contribution in [2.24, 2.45) is 23.7 Å². The van der Waals surface area contributed by atoms with Crippen molar-refractivity contribution in [3.63, 3.8) is 0 Å². The van der Waals surface area contributed by atoms with Crippen LogP contribution in [0.4, 0.5) is 4.39 Å². The zero-order valence-electron chi connectivity index (χ0n) is 21.0. The van der Waals surface area contributed by atoms with E-state index >= 15 is 0 Å². The van der Waals surface area contributed by atoms with Gasteiger partial charge in [-0.3, -0.25) is 4.79 Å². The minimum atomic E-state index is -0.482. The van der Waals surface area contributed by atoms with Crippen LogP contribution in [-0.4, -0.2) is 12.6 Å². The first-order valence-corrected chi connectivity index (χ1v) is 13.7. The van der Waals surface area contributed by atoms with Crippen LogP contribution in [0.3, 0.4) is 0 Å². The van der Waals surface area contributed by atoms with Crippen LogP contribution in [0.2, 0.25) is 0 Å². The minimum Gasteiger partial charge on any atom is -0.491 e. The Morgan fingerprint density at radius 1 is 0.939 bits per heavy atom. The van der Waals surface area contributed by atoms with Crippen LogP contribution < -0.4 is 9.47 Å². The number of unbranched alkanes of at least 4 members (excludes halogenated alkanes) is 2. The van der Waals surface area contributed by atoms with Crippen LogP contribution >= 0.6 is 0 Å². The summed E-state index contributed by atoms with van der Waals surface area (Å²) in [5.74, 6) is 3.08. The summed E-state index contributed by atoms with van der Waals surface area (Å²) in [5, 5.41) is 0. The molecule has 0 bridgehead atoms. The molecule has 33 heavy (non-hydrogen) atoms. The molecule has 0 heterocycles. The summed E-state index contributed by atoms with van der Waals surface area (Å²) in [7, 11) is 0. The molecule has 3 nitrogen and oxygen atoms in total. The van der Waals surface area contributed by atoms with Crippen LogP contribution in [0.25, 0.3) is 0 Å². The molecule has 2 aliphatic rings. The molecule has 1 unspecified atom stereocenters. The average molecular weight is 461 g/mol. The second-order valence-electron chi connectivity index (χ2n) is 10.5. The van der Waals surface area contributed by atoms with Gasteiger partial charge in [0.2, 0.25) is 0 Å². The highest BCUT2D eigenvalue weighted by Gasteiger charge is 2.31. The van der Waals surface area contributed by atoms with E-state index in [1.165, 1.54) is 89.2 Å². The van der Waals surface area contributed by atoms with Gasteiger partial charge in [0.25, 0.3) is 0 Å². The molecule has 1 aromatic carbocycles. The van der Waals surface area contributed by atoms with Gasteiger partial charge in [0.1, 0.15) is 5.75 Å². The van der Waals surface area contributed by atoms with E-state index < -0.39 is 5.82 Å². The van der Waals surface area contributed by atoms with Crippen molar-refractivity contribution in [1.29, 1.82) is 0 Å². The molecule has 4 heteroatoms. The molecule has 1 aromatic rings. The Balaban J connectivity index is 1.37. The standard InChI is InChI=1S/C29H45FO3/c1-3-5-6-8-22-11-14-24(15-12-22)25-10-7-9-23(20-25)13-18-29(31)33-26-16-17-28(27(30)21-26)32-19-4-2/h16-17,21-25H,3-15,18-20H2,1-2H3/t22?,23?,24?,25-/m0/s1. The first-order chi connectivity index (χ1) is 16.1. The van der Waals surface area contributed by atoms with Crippen molar-refractivity contribution in [2.75, 3.05) is 6.61 Å². The van der Waals surface area contributed by atoms with Gasteiger partial charge in [-0.2, -0.15) is 0 Å². The minimum absolute atomic E-state index is 0.208. The number of carbonyl (C=O) groups is 1. The van der Waals surface area contributed by atoms with Gasteiger partial charge in [-0.1, -0.05) is 71.6 Å². The summed E-state index contributed by atoms with van der Waals surface area (Å²) >= 11 is 0. The van der Waals surface area contributed by atoms with Crippen LogP contribution in [0.15, 0.2) is 18.2 Å². The number of hydrogen-bond donors (Lipinski definition) is 0. The van der Waals surface area contributed by atoms with Gasteiger partial charge in [-0.05, 0) is 67.9 Å². The third-order valence-electron chi connectivity index (χ3n) is 7.95. The SMILES string of the molecule is CCCCCC1CCC([C@H]2CCCC(CCC(=O)Oc3ccc(OCCC)c(F)c3)C2)CC1. The fourth-order valence-electron chi connectivity index (χ4n) is 6.03. The van der Waals surface area contributed by atoms with Crippen molar-refractivity contribution in [3.05, 3.63) is 24.0 Å². The molecule has 2 aliphatic carbocycles. The van der Waals surface area contributed by atoms with Gasteiger partial charge in [0.05, 0.1) is 6.61 Å². The predicted molar refractivity (Wildman–Crippen MR) is 132 cm³/mol. The van der Waals surface area contributed by atoms with Crippen molar-refractivity contribution in [3.8, 4) is 11.5 Å². The fraction of sp³-hybridized carbons (Fsp3) is 0.759. The number of benzene rings is 1. The molecule has 0 saturated heterocycles. The largest absolute Gasteiger partial charge is 0.491 e. The van der Waals surface area contributed by atoms with Gasteiger partial charge in [0, 0.05) is 12.5 Å². The molecule has 0 aliphatic heterocycles. The van der Waals surface area contributed by atoms with E-state index in [9.17, 15) is 9.18 Å².